The summed E-state index contributed by atoms with van der Waals surface area (Å²) >= 11 is 1.33. The molecule has 4 aliphatic rings. The molecule has 2 aliphatic heterocycles. The summed E-state index contributed by atoms with van der Waals surface area (Å²) in [4.78, 5) is 134. The number of urea groups is 1. The van der Waals surface area contributed by atoms with Crippen molar-refractivity contribution >= 4 is 102 Å². The molecule has 4 unspecified atom stereocenters. The number of anilines is 3. The molecule has 6 aromatic rings. The highest BCUT2D eigenvalue weighted by Gasteiger charge is 2.56. The highest BCUT2D eigenvalue weighted by molar-refractivity contribution is 7.85. The Morgan fingerprint density at radius 1 is 0.864 bits per heavy atom. The van der Waals surface area contributed by atoms with E-state index in [2.05, 4.69) is 57.3 Å². The first kappa shape index (κ1) is 75.9. The van der Waals surface area contributed by atoms with Gasteiger partial charge in [0.05, 0.1) is 28.9 Å². The average molecular weight is 1460 g/mol. The van der Waals surface area contributed by atoms with Crippen molar-refractivity contribution in [1.29, 1.82) is 0 Å². The van der Waals surface area contributed by atoms with Crippen LogP contribution in [0.3, 0.4) is 0 Å². The molecule has 2 aromatic carbocycles. The minimum atomic E-state index is -4.52. The Bertz CT molecular complexity index is 4280. The van der Waals surface area contributed by atoms with Gasteiger partial charge in [-0.25, -0.2) is 24.4 Å². The van der Waals surface area contributed by atoms with E-state index in [1.807, 2.05) is 40.8 Å². The molecule has 9 N–H and O–H groups in total. The third-order valence-corrected chi connectivity index (χ3v) is 21.1. The zero-order chi connectivity index (χ0) is 74.0. The van der Waals surface area contributed by atoms with Crippen molar-refractivity contribution in [3.63, 3.8) is 0 Å². The molecule has 2 aliphatic carbocycles. The van der Waals surface area contributed by atoms with Gasteiger partial charge in [-0.2, -0.15) is 18.5 Å². The molecule has 0 spiro atoms. The summed E-state index contributed by atoms with van der Waals surface area (Å²) in [5.74, 6) is -4.31. The number of nitrogens with one attached hydrogen (secondary N) is 5. The first-order valence-corrected chi connectivity index (χ1v) is 37.1. The van der Waals surface area contributed by atoms with Crippen LogP contribution in [-0.2, 0) is 69.7 Å². The number of carbonyl (C=O) groups excluding carboxylic acids is 8. The molecule has 2 saturated carbocycles. The molecule has 2 fully saturated rings. The lowest BCUT2D eigenvalue weighted by atomic mass is 9.51. The molecule has 6 atom stereocenters. The molecular formula is C72H90N14O15S2. The van der Waals surface area contributed by atoms with Crippen molar-refractivity contribution in [2.45, 2.75) is 156 Å². The van der Waals surface area contributed by atoms with Crippen LogP contribution in [0.4, 0.5) is 26.2 Å². The molecule has 4 aromatic heterocycles. The van der Waals surface area contributed by atoms with Gasteiger partial charge in [0.15, 0.2) is 16.5 Å². The summed E-state index contributed by atoms with van der Waals surface area (Å²) in [6.07, 6.45) is 11.2. The number of nitrogens with two attached hydrogens (primary N) is 1. The number of benzene rings is 2. The Balaban J connectivity index is 0.745. The molecule has 103 heavy (non-hydrogen) atoms. The molecule has 31 heteroatoms. The van der Waals surface area contributed by atoms with Crippen molar-refractivity contribution in [3.8, 4) is 11.1 Å². The minimum Gasteiger partial charge on any atom is -0.476 e. The van der Waals surface area contributed by atoms with Crippen molar-refractivity contribution in [1.82, 2.24) is 50.5 Å². The van der Waals surface area contributed by atoms with Crippen LogP contribution < -0.4 is 37.2 Å². The fourth-order valence-corrected chi connectivity index (χ4v) is 16.6. The Morgan fingerprint density at radius 3 is 2.35 bits per heavy atom. The second-order valence-corrected chi connectivity index (χ2v) is 31.2. The summed E-state index contributed by atoms with van der Waals surface area (Å²) in [5.41, 5.74) is 9.34. The van der Waals surface area contributed by atoms with E-state index in [-0.39, 0.29) is 92.8 Å². The zero-order valence-electron chi connectivity index (χ0n) is 58.7. The maximum absolute atomic E-state index is 13.9. The van der Waals surface area contributed by atoms with Crippen LogP contribution in [-0.4, -0.2) is 169 Å². The Kier molecular flexibility index (Phi) is 24.1. The number of thiazole rings is 1. The molecule has 2 bridgehead atoms. The number of primary amides is 1. The second kappa shape index (κ2) is 32.7. The van der Waals surface area contributed by atoms with E-state index in [4.69, 9.17) is 25.3 Å². The van der Waals surface area contributed by atoms with Gasteiger partial charge in [-0.1, -0.05) is 76.6 Å². The van der Waals surface area contributed by atoms with Gasteiger partial charge < -0.3 is 51.4 Å². The number of carboxylic acids is 1. The number of carboxylic acid groups (broad SMARTS) is 1. The number of carbonyl (C=O) groups is 9. The quantitative estimate of drug-likeness (QED) is 0.0112. The third-order valence-electron chi connectivity index (χ3n) is 19.4. The van der Waals surface area contributed by atoms with Gasteiger partial charge in [0.1, 0.15) is 24.5 Å². The van der Waals surface area contributed by atoms with E-state index in [1.54, 1.807) is 68.7 Å². The topological polar surface area (TPSA) is 399 Å². The summed E-state index contributed by atoms with van der Waals surface area (Å²) in [7, 11) is -4.52. The molecule has 29 nitrogen and oxygen atoms in total. The van der Waals surface area contributed by atoms with Crippen LogP contribution in [0.5, 0.6) is 0 Å². The van der Waals surface area contributed by atoms with Crippen LogP contribution >= 0.6 is 11.3 Å². The minimum absolute atomic E-state index is 0.00782. The summed E-state index contributed by atoms with van der Waals surface area (Å²) in [6.45, 7) is 13.0. The Hall–Kier alpha value is -9.72. The maximum Gasteiger partial charge on any atom is 0.410 e. The van der Waals surface area contributed by atoms with E-state index in [0.29, 0.717) is 103 Å². The normalized spacial score (nSPS) is 19.9. The van der Waals surface area contributed by atoms with Crippen molar-refractivity contribution < 1.29 is 70.7 Å². The number of pyridine rings is 2. The highest BCUT2D eigenvalue weighted by Crippen LogP contribution is 2.60. The number of aromatic nitrogens is 5. The summed E-state index contributed by atoms with van der Waals surface area (Å²) in [6, 6.07) is 16.3. The van der Waals surface area contributed by atoms with E-state index in [1.165, 1.54) is 28.4 Å². The number of hydrogen-bond acceptors (Lipinski definition) is 19. The van der Waals surface area contributed by atoms with Crippen LogP contribution in [0.2, 0.25) is 0 Å². The van der Waals surface area contributed by atoms with Crippen LogP contribution in [0, 0.1) is 29.6 Å². The van der Waals surface area contributed by atoms with Gasteiger partial charge in [0, 0.05) is 98.7 Å². The average Bonchev–Trinajstić information content (AvgIpc) is 0.901. The Labute approximate surface area is 601 Å². The lowest BCUT2D eigenvalue weighted by molar-refractivity contribution is -0.179. The number of fused-ring (bicyclic) bond motifs is 4. The predicted octanol–water partition coefficient (Wildman–Crippen LogP) is 8.18. The Morgan fingerprint density at radius 2 is 1.63 bits per heavy atom. The molecule has 10 rings (SSSR count). The van der Waals surface area contributed by atoms with Crippen LogP contribution in [0.15, 0.2) is 91.3 Å². The largest absolute Gasteiger partial charge is 0.476 e. The van der Waals surface area contributed by atoms with Gasteiger partial charge in [0.2, 0.25) is 17.7 Å². The maximum atomic E-state index is 13.9. The highest BCUT2D eigenvalue weighted by atomic mass is 32.2. The standard InChI is InChI=1S/C72H90N14O15S2/c1-44(2)60(80-57(87)17-8-7-9-29-85-58(88)24-25-59(85)89)65(92)78-54(15-11-28-75-67(73)95)64(91)77-49-20-18-47(19-21-49)39-100-69(96)83(32-34-103(97,98)99)31-33-101-72-36-45(3)35-70(5,41-72)40-71(6,42-72)43-86-46(4)52(37-76-86)50-22-23-56(79-61(50)66(93)94)84-30-26-48-13-10-14-51(53(48)38-84)63(90)82-68-81-62-55(102-68)16-12-27-74-62/h10,12-14,16,18-25,27,37,44-45,54,60H,7-9,11,15,17,26,28-36,38-43H2,1-6H3,(H,77,91)(H,78,92)(H,80,87)(H,93,94)(H3,73,75,95)(H,97,98,99)(H,74,81,82,90)/t45?,54-,60-,70?,71?,72?/m0/s1. The SMILES string of the molecule is Cc1c(-c2ccc(N3CCc4cccc(C(=O)Nc5nc6ncccc6s5)c4C3)nc2C(=O)O)cnn1CC1(C)CC2(C)CC(C)CC(OCCN(CCS(=O)(=O)O)C(=O)OCc3ccc(NC(=O)[C@H](CCCNC(N)=O)NC(=O)[C@@H](NC(=O)CCCCCN4C(=O)C=CC4=O)C(C)C)cc3)(C2)C1. The molecular weight excluding hydrogens is 1370 g/mol. The molecule has 550 valence electrons. The summed E-state index contributed by atoms with van der Waals surface area (Å²) in [5, 5.41) is 29.7. The van der Waals surface area contributed by atoms with Crippen LogP contribution in [0.25, 0.3) is 21.5 Å². The number of rotatable bonds is 32. The van der Waals surface area contributed by atoms with Crippen LogP contribution in [0.1, 0.15) is 148 Å². The molecule has 6 heterocycles. The first-order valence-electron chi connectivity index (χ1n) is 34.7. The zero-order valence-corrected chi connectivity index (χ0v) is 60.3. The fourth-order valence-electron chi connectivity index (χ4n) is 15.4. The smallest absolute Gasteiger partial charge is 0.410 e. The number of aromatic carboxylic acids is 1. The first-order chi connectivity index (χ1) is 48.9. The lowest BCUT2D eigenvalue weighted by Crippen LogP contribution is -2.55. The van der Waals surface area contributed by atoms with E-state index < -0.39 is 81.3 Å². The van der Waals surface area contributed by atoms with E-state index >= 15 is 0 Å². The number of unbranched alkanes of at least 4 members (excludes halogenated alkanes) is 2. The van der Waals surface area contributed by atoms with E-state index in [0.717, 1.165) is 45.7 Å². The molecule has 0 radical (unpaired) electrons. The molecule has 0 saturated heterocycles. The van der Waals surface area contributed by atoms with Gasteiger partial charge in [-0.3, -0.25) is 48.2 Å². The number of hydrogen-bond donors (Lipinski definition) is 8. The van der Waals surface area contributed by atoms with Crippen molar-refractivity contribution in [2.75, 3.05) is 60.6 Å². The summed E-state index contributed by atoms with van der Waals surface area (Å²) < 4.78 is 49.5. The van der Waals surface area contributed by atoms with Gasteiger partial charge in [-0.15, -0.1) is 0 Å². The van der Waals surface area contributed by atoms with Gasteiger partial charge in [0.25, 0.3) is 27.8 Å². The monoisotopic (exact) mass is 1450 g/mol. The third kappa shape index (κ3) is 19.7. The number of imide groups is 1. The second-order valence-electron chi connectivity index (χ2n) is 28.6. The number of ether oxygens (including phenoxy) is 2. The van der Waals surface area contributed by atoms with Crippen molar-refractivity contribution in [2.24, 2.45) is 28.4 Å². The van der Waals surface area contributed by atoms with Crippen molar-refractivity contribution in [3.05, 3.63) is 125 Å². The lowest BCUT2D eigenvalue weighted by Gasteiger charge is -2.58. The number of amides is 9. The predicted molar refractivity (Wildman–Crippen MR) is 384 cm³/mol. The molecule has 9 amide bonds. The van der Waals surface area contributed by atoms with Gasteiger partial charge in [-0.05, 0) is 153 Å². The fraction of sp³-hybridized carbons (Fsp3) is 0.486. The van der Waals surface area contributed by atoms with Gasteiger partial charge >= 0.3 is 18.1 Å². The van der Waals surface area contributed by atoms with E-state index in [9.17, 15) is 61.2 Å². The number of nitrogens with zero attached hydrogens (tertiary/aromatic N) is 8.